The van der Waals surface area contributed by atoms with E-state index in [1.807, 2.05) is 42.5 Å². The standard InChI is InChI=1S/C15H12N2O/c1-18-12-5-2-4-11(10-12)15-13-6-3-8-16-14(13)7-9-17-15/h2-10H,1H3. The van der Waals surface area contributed by atoms with Gasteiger partial charge in [0.1, 0.15) is 5.75 Å². The van der Waals surface area contributed by atoms with E-state index in [0.717, 1.165) is 27.9 Å². The van der Waals surface area contributed by atoms with Gasteiger partial charge >= 0.3 is 0 Å². The van der Waals surface area contributed by atoms with Gasteiger partial charge in [-0.1, -0.05) is 12.1 Å². The predicted octanol–water partition coefficient (Wildman–Crippen LogP) is 3.31. The molecule has 0 unspecified atom stereocenters. The maximum Gasteiger partial charge on any atom is 0.119 e. The number of pyridine rings is 2. The third-order valence-electron chi connectivity index (χ3n) is 2.87. The van der Waals surface area contributed by atoms with Crippen LogP contribution in [0.25, 0.3) is 22.2 Å². The van der Waals surface area contributed by atoms with Crippen LogP contribution in [0.1, 0.15) is 0 Å². The zero-order chi connectivity index (χ0) is 12.4. The molecule has 0 amide bonds. The highest BCUT2D eigenvalue weighted by Crippen LogP contribution is 2.27. The van der Waals surface area contributed by atoms with Crippen LogP contribution >= 0.6 is 0 Å². The largest absolute Gasteiger partial charge is 0.497 e. The molecule has 2 aromatic heterocycles. The molecular weight excluding hydrogens is 224 g/mol. The fourth-order valence-electron chi connectivity index (χ4n) is 2.00. The normalized spacial score (nSPS) is 10.5. The average Bonchev–Trinajstić information content (AvgIpc) is 2.47. The number of hydrogen-bond acceptors (Lipinski definition) is 3. The number of nitrogens with zero attached hydrogens (tertiary/aromatic N) is 2. The van der Waals surface area contributed by atoms with Gasteiger partial charge in [0.05, 0.1) is 18.3 Å². The second-order valence-electron chi connectivity index (χ2n) is 3.96. The van der Waals surface area contributed by atoms with Crippen molar-refractivity contribution in [1.82, 2.24) is 9.97 Å². The molecule has 0 atom stereocenters. The summed E-state index contributed by atoms with van der Waals surface area (Å²) in [6.07, 6.45) is 3.57. The van der Waals surface area contributed by atoms with Crippen molar-refractivity contribution in [1.29, 1.82) is 0 Å². The Balaban J connectivity index is 2.24. The summed E-state index contributed by atoms with van der Waals surface area (Å²) in [6, 6.07) is 13.8. The smallest absolute Gasteiger partial charge is 0.119 e. The van der Waals surface area contributed by atoms with Crippen LogP contribution in [0.5, 0.6) is 5.75 Å². The Labute approximate surface area is 105 Å². The molecule has 3 aromatic rings. The molecule has 88 valence electrons. The molecule has 0 aliphatic carbocycles. The summed E-state index contributed by atoms with van der Waals surface area (Å²) in [5.74, 6) is 0.829. The molecule has 0 saturated heterocycles. The van der Waals surface area contributed by atoms with Crippen LogP contribution in [0.4, 0.5) is 0 Å². The molecule has 2 heterocycles. The Morgan fingerprint density at radius 3 is 2.78 bits per heavy atom. The Morgan fingerprint density at radius 2 is 1.89 bits per heavy atom. The number of benzene rings is 1. The lowest BCUT2D eigenvalue weighted by molar-refractivity contribution is 0.415. The van der Waals surface area contributed by atoms with Crippen molar-refractivity contribution in [3.8, 4) is 17.0 Å². The number of ether oxygens (including phenoxy) is 1. The minimum absolute atomic E-state index is 0.829. The van der Waals surface area contributed by atoms with Crippen LogP contribution in [0.3, 0.4) is 0 Å². The summed E-state index contributed by atoms with van der Waals surface area (Å²) in [6.45, 7) is 0. The van der Waals surface area contributed by atoms with E-state index < -0.39 is 0 Å². The van der Waals surface area contributed by atoms with Gasteiger partial charge in [-0.15, -0.1) is 0 Å². The molecule has 3 heteroatoms. The van der Waals surface area contributed by atoms with Crippen molar-refractivity contribution in [2.24, 2.45) is 0 Å². The minimum Gasteiger partial charge on any atom is -0.497 e. The molecular formula is C15H12N2O. The van der Waals surface area contributed by atoms with Crippen molar-refractivity contribution in [2.75, 3.05) is 7.11 Å². The summed E-state index contributed by atoms with van der Waals surface area (Å²) in [5, 5.41) is 1.05. The molecule has 0 saturated carbocycles. The van der Waals surface area contributed by atoms with Gasteiger partial charge < -0.3 is 4.74 Å². The summed E-state index contributed by atoms with van der Waals surface area (Å²) in [4.78, 5) is 8.80. The topological polar surface area (TPSA) is 35.0 Å². The quantitative estimate of drug-likeness (QED) is 0.684. The van der Waals surface area contributed by atoms with E-state index in [2.05, 4.69) is 9.97 Å². The molecule has 0 bridgehead atoms. The van der Waals surface area contributed by atoms with E-state index in [1.54, 1.807) is 19.5 Å². The van der Waals surface area contributed by atoms with Crippen LogP contribution in [0, 0.1) is 0 Å². The molecule has 18 heavy (non-hydrogen) atoms. The highest BCUT2D eigenvalue weighted by atomic mass is 16.5. The van der Waals surface area contributed by atoms with Crippen molar-refractivity contribution >= 4 is 10.9 Å². The van der Waals surface area contributed by atoms with Crippen LogP contribution in [-0.2, 0) is 0 Å². The first kappa shape index (κ1) is 10.7. The molecule has 0 N–H and O–H groups in total. The van der Waals surface area contributed by atoms with E-state index in [-0.39, 0.29) is 0 Å². The van der Waals surface area contributed by atoms with E-state index in [9.17, 15) is 0 Å². The molecule has 0 aliphatic rings. The zero-order valence-electron chi connectivity index (χ0n) is 10.00. The first-order chi connectivity index (χ1) is 8.88. The molecule has 0 radical (unpaired) electrons. The summed E-state index contributed by atoms with van der Waals surface area (Å²) < 4.78 is 5.24. The van der Waals surface area contributed by atoms with Crippen molar-refractivity contribution < 1.29 is 4.74 Å². The molecule has 0 aliphatic heterocycles. The fourth-order valence-corrected chi connectivity index (χ4v) is 2.00. The van der Waals surface area contributed by atoms with Crippen molar-refractivity contribution in [3.63, 3.8) is 0 Å². The summed E-state index contributed by atoms with van der Waals surface area (Å²) in [5.41, 5.74) is 2.91. The third-order valence-corrected chi connectivity index (χ3v) is 2.87. The van der Waals surface area contributed by atoms with Gasteiger partial charge in [0.25, 0.3) is 0 Å². The summed E-state index contributed by atoms with van der Waals surface area (Å²) in [7, 11) is 1.66. The van der Waals surface area contributed by atoms with E-state index in [0.29, 0.717) is 0 Å². The lowest BCUT2D eigenvalue weighted by atomic mass is 10.1. The predicted molar refractivity (Wildman–Crippen MR) is 71.5 cm³/mol. The number of aromatic nitrogens is 2. The maximum absolute atomic E-state index is 5.24. The van der Waals surface area contributed by atoms with Gasteiger partial charge in [-0.3, -0.25) is 9.97 Å². The third kappa shape index (κ3) is 1.80. The van der Waals surface area contributed by atoms with Crippen LogP contribution in [0.2, 0.25) is 0 Å². The van der Waals surface area contributed by atoms with Gasteiger partial charge in [0.15, 0.2) is 0 Å². The second kappa shape index (κ2) is 4.45. The molecule has 3 rings (SSSR count). The highest BCUT2D eigenvalue weighted by Gasteiger charge is 2.06. The number of hydrogen-bond donors (Lipinski definition) is 0. The van der Waals surface area contributed by atoms with Crippen LogP contribution in [-0.4, -0.2) is 17.1 Å². The van der Waals surface area contributed by atoms with E-state index >= 15 is 0 Å². The van der Waals surface area contributed by atoms with Crippen molar-refractivity contribution in [3.05, 3.63) is 54.9 Å². The van der Waals surface area contributed by atoms with E-state index in [1.165, 1.54) is 0 Å². The SMILES string of the molecule is COc1cccc(-c2nccc3ncccc23)c1. The van der Waals surface area contributed by atoms with Crippen LogP contribution in [0.15, 0.2) is 54.9 Å². The monoisotopic (exact) mass is 236 g/mol. The zero-order valence-corrected chi connectivity index (χ0v) is 10.00. The first-order valence-electron chi connectivity index (χ1n) is 5.72. The Bertz CT molecular complexity index is 689. The molecule has 1 aromatic carbocycles. The number of fused-ring (bicyclic) bond motifs is 1. The Morgan fingerprint density at radius 1 is 0.944 bits per heavy atom. The average molecular weight is 236 g/mol. The molecule has 0 spiro atoms. The van der Waals surface area contributed by atoms with Crippen molar-refractivity contribution in [2.45, 2.75) is 0 Å². The first-order valence-corrected chi connectivity index (χ1v) is 5.72. The second-order valence-corrected chi connectivity index (χ2v) is 3.96. The van der Waals surface area contributed by atoms with Gasteiger partial charge in [0.2, 0.25) is 0 Å². The minimum atomic E-state index is 0.829. The van der Waals surface area contributed by atoms with Gasteiger partial charge in [-0.25, -0.2) is 0 Å². The van der Waals surface area contributed by atoms with Gasteiger partial charge in [0, 0.05) is 23.3 Å². The van der Waals surface area contributed by atoms with Gasteiger partial charge in [-0.05, 0) is 30.3 Å². The fraction of sp³-hybridized carbons (Fsp3) is 0.0667. The Kier molecular flexibility index (Phi) is 2.65. The Hall–Kier alpha value is -2.42. The van der Waals surface area contributed by atoms with Gasteiger partial charge in [-0.2, -0.15) is 0 Å². The highest BCUT2D eigenvalue weighted by molar-refractivity contribution is 5.92. The lowest BCUT2D eigenvalue weighted by Crippen LogP contribution is -1.88. The molecule has 3 nitrogen and oxygen atoms in total. The lowest BCUT2D eigenvalue weighted by Gasteiger charge is -2.06. The summed E-state index contributed by atoms with van der Waals surface area (Å²) >= 11 is 0. The van der Waals surface area contributed by atoms with Crippen LogP contribution < -0.4 is 4.74 Å². The van der Waals surface area contributed by atoms with E-state index in [4.69, 9.17) is 4.74 Å². The maximum atomic E-state index is 5.24. The number of rotatable bonds is 2. The number of methoxy groups -OCH3 is 1. The molecule has 0 fully saturated rings.